The van der Waals surface area contributed by atoms with Crippen LogP contribution in [-0.4, -0.2) is 60.1 Å². The predicted octanol–water partition coefficient (Wildman–Crippen LogP) is 3.83. The second kappa shape index (κ2) is 10.6. The molecule has 1 heterocycles. The van der Waals surface area contributed by atoms with E-state index in [4.69, 9.17) is 4.74 Å². The van der Waals surface area contributed by atoms with Crippen LogP contribution in [0.15, 0.2) is 30.3 Å². The lowest BCUT2D eigenvalue weighted by Gasteiger charge is -2.34. The summed E-state index contributed by atoms with van der Waals surface area (Å²) >= 11 is 0. The highest BCUT2D eigenvalue weighted by Gasteiger charge is 2.30. The van der Waals surface area contributed by atoms with Gasteiger partial charge in [0.25, 0.3) is 0 Å². The molecule has 2 rings (SSSR count). The maximum atomic E-state index is 12.8. The van der Waals surface area contributed by atoms with E-state index in [1.54, 1.807) is 4.90 Å². The molecule has 1 aliphatic rings. The van der Waals surface area contributed by atoms with E-state index in [0.717, 1.165) is 13.1 Å². The van der Waals surface area contributed by atoms with Crippen LogP contribution in [0.4, 0.5) is 4.79 Å². The van der Waals surface area contributed by atoms with E-state index >= 15 is 0 Å². The molecule has 1 atom stereocenters. The van der Waals surface area contributed by atoms with Gasteiger partial charge in [-0.1, -0.05) is 44.2 Å². The Kier molecular flexibility index (Phi) is 8.50. The normalized spacial score (nSPS) is 16.6. The summed E-state index contributed by atoms with van der Waals surface area (Å²) in [5.74, 6) is 0.0312. The molecule has 6 heteroatoms. The molecule has 1 aromatic rings. The highest BCUT2D eigenvalue weighted by molar-refractivity contribution is 5.79. The lowest BCUT2D eigenvalue weighted by molar-refractivity contribution is -0.126. The molecular weight excluding hydrogens is 366 g/mol. The first-order chi connectivity index (χ1) is 13.7. The van der Waals surface area contributed by atoms with Gasteiger partial charge < -0.3 is 15.0 Å². The zero-order valence-corrected chi connectivity index (χ0v) is 18.6. The van der Waals surface area contributed by atoms with Crippen molar-refractivity contribution in [2.75, 3.05) is 32.7 Å². The van der Waals surface area contributed by atoms with Crippen molar-refractivity contribution in [3.05, 3.63) is 35.9 Å². The Morgan fingerprint density at radius 2 is 1.72 bits per heavy atom. The molecule has 0 spiro atoms. The number of nitrogens with one attached hydrogen (secondary N) is 1. The van der Waals surface area contributed by atoms with Gasteiger partial charge in [0.15, 0.2) is 0 Å². The molecule has 1 aromatic carbocycles. The quantitative estimate of drug-likeness (QED) is 0.752. The summed E-state index contributed by atoms with van der Waals surface area (Å²) in [6.07, 6.45) is 1.06. The smallest absolute Gasteiger partial charge is 0.410 e. The summed E-state index contributed by atoms with van der Waals surface area (Å²) < 4.78 is 5.43. The number of likely N-dealkylation sites (N-methyl/N-ethyl adjacent to an activating group) is 1. The first kappa shape index (κ1) is 23.2. The Bertz CT molecular complexity index is 645. The fourth-order valence-electron chi connectivity index (χ4n) is 3.79. The maximum Gasteiger partial charge on any atom is 0.410 e. The second-order valence-electron chi connectivity index (χ2n) is 8.63. The van der Waals surface area contributed by atoms with Gasteiger partial charge in [-0.15, -0.1) is 0 Å². The van der Waals surface area contributed by atoms with Crippen molar-refractivity contribution >= 4 is 12.0 Å². The molecule has 162 valence electrons. The van der Waals surface area contributed by atoms with Crippen molar-refractivity contribution < 1.29 is 14.3 Å². The van der Waals surface area contributed by atoms with Gasteiger partial charge in [-0.05, 0) is 52.3 Å². The number of amides is 2. The minimum absolute atomic E-state index is 0.0539. The van der Waals surface area contributed by atoms with Gasteiger partial charge in [0.1, 0.15) is 5.60 Å². The molecule has 0 bridgehead atoms. The van der Waals surface area contributed by atoms with E-state index in [9.17, 15) is 9.59 Å². The van der Waals surface area contributed by atoms with Crippen LogP contribution in [0.1, 0.15) is 59.1 Å². The highest BCUT2D eigenvalue weighted by Crippen LogP contribution is 2.22. The summed E-state index contributed by atoms with van der Waals surface area (Å²) in [4.78, 5) is 29.0. The molecule has 0 aromatic heterocycles. The third-order valence-electron chi connectivity index (χ3n) is 5.42. The predicted molar refractivity (Wildman–Crippen MR) is 116 cm³/mol. The number of nitrogens with zero attached hydrogens (tertiary/aromatic N) is 2. The molecule has 1 fully saturated rings. The van der Waals surface area contributed by atoms with Crippen LogP contribution in [0, 0.1) is 5.92 Å². The first-order valence-electron chi connectivity index (χ1n) is 10.8. The molecule has 0 unspecified atom stereocenters. The Balaban J connectivity index is 1.89. The molecule has 1 aliphatic heterocycles. The Hall–Kier alpha value is -2.08. The summed E-state index contributed by atoms with van der Waals surface area (Å²) in [7, 11) is 0. The van der Waals surface area contributed by atoms with Crippen LogP contribution < -0.4 is 5.32 Å². The SMILES string of the molecule is CCN(CC)[C@H](CNC(=O)C1CCN(C(=O)OC(C)(C)C)CC1)c1ccccc1. The van der Waals surface area contributed by atoms with Crippen molar-refractivity contribution in [3.63, 3.8) is 0 Å². The number of carbonyl (C=O) groups is 2. The molecule has 6 nitrogen and oxygen atoms in total. The van der Waals surface area contributed by atoms with Crippen molar-refractivity contribution in [2.24, 2.45) is 5.92 Å². The minimum Gasteiger partial charge on any atom is -0.444 e. The van der Waals surface area contributed by atoms with Gasteiger partial charge in [0.05, 0.1) is 6.04 Å². The average molecular weight is 404 g/mol. The van der Waals surface area contributed by atoms with Crippen molar-refractivity contribution in [3.8, 4) is 0 Å². The van der Waals surface area contributed by atoms with E-state index in [1.807, 2.05) is 39.0 Å². The van der Waals surface area contributed by atoms with Gasteiger partial charge in [-0.25, -0.2) is 4.79 Å². The van der Waals surface area contributed by atoms with Gasteiger partial charge in [0, 0.05) is 25.6 Å². The highest BCUT2D eigenvalue weighted by atomic mass is 16.6. The minimum atomic E-state index is -0.498. The van der Waals surface area contributed by atoms with E-state index in [0.29, 0.717) is 32.5 Å². The maximum absolute atomic E-state index is 12.8. The average Bonchev–Trinajstić information content (AvgIpc) is 2.70. The first-order valence-corrected chi connectivity index (χ1v) is 10.8. The van der Waals surface area contributed by atoms with Crippen LogP contribution in [0.3, 0.4) is 0 Å². The molecule has 0 aliphatic carbocycles. The van der Waals surface area contributed by atoms with E-state index in [1.165, 1.54) is 5.56 Å². The van der Waals surface area contributed by atoms with Crippen LogP contribution in [0.2, 0.25) is 0 Å². The van der Waals surface area contributed by atoms with E-state index in [-0.39, 0.29) is 24.0 Å². The lowest BCUT2D eigenvalue weighted by atomic mass is 9.95. The molecule has 1 saturated heterocycles. The molecule has 1 N–H and O–H groups in total. The standard InChI is InChI=1S/C23H37N3O3/c1-6-25(7-2)20(18-11-9-8-10-12-18)17-24-21(27)19-13-15-26(16-14-19)22(28)29-23(3,4)5/h8-12,19-20H,6-7,13-17H2,1-5H3,(H,24,27)/t20-/m1/s1. The Morgan fingerprint density at radius 1 is 1.14 bits per heavy atom. The van der Waals surface area contributed by atoms with Crippen molar-refractivity contribution in [1.82, 2.24) is 15.1 Å². The number of ether oxygens (including phenoxy) is 1. The number of likely N-dealkylation sites (tertiary alicyclic amines) is 1. The second-order valence-corrected chi connectivity index (χ2v) is 8.63. The van der Waals surface area contributed by atoms with Crippen molar-refractivity contribution in [1.29, 1.82) is 0 Å². The largest absolute Gasteiger partial charge is 0.444 e. The fraction of sp³-hybridized carbons (Fsp3) is 0.652. The third kappa shape index (κ3) is 7.03. The van der Waals surface area contributed by atoms with Gasteiger partial charge >= 0.3 is 6.09 Å². The monoisotopic (exact) mass is 403 g/mol. The van der Waals surface area contributed by atoms with Crippen molar-refractivity contribution in [2.45, 2.75) is 59.1 Å². The number of rotatable bonds is 7. The molecular formula is C23H37N3O3. The summed E-state index contributed by atoms with van der Waals surface area (Å²) in [6.45, 7) is 13.5. The number of hydrogen-bond acceptors (Lipinski definition) is 4. The lowest BCUT2D eigenvalue weighted by Crippen LogP contribution is -2.46. The topological polar surface area (TPSA) is 61.9 Å². The Labute approximate surface area is 175 Å². The summed E-state index contributed by atoms with van der Waals surface area (Å²) in [6, 6.07) is 10.5. The molecule has 0 saturated carbocycles. The molecule has 2 amide bonds. The van der Waals surface area contributed by atoms with Gasteiger partial charge in [-0.3, -0.25) is 9.69 Å². The number of benzene rings is 1. The Morgan fingerprint density at radius 3 is 2.24 bits per heavy atom. The number of piperidine rings is 1. The third-order valence-corrected chi connectivity index (χ3v) is 5.42. The van der Waals surface area contributed by atoms with Crippen LogP contribution >= 0.6 is 0 Å². The van der Waals surface area contributed by atoms with E-state index < -0.39 is 5.60 Å². The summed E-state index contributed by atoms with van der Waals surface area (Å²) in [5, 5.41) is 3.17. The number of carbonyl (C=O) groups excluding carboxylic acids is 2. The molecule has 0 radical (unpaired) electrons. The number of hydrogen-bond donors (Lipinski definition) is 1. The van der Waals surface area contributed by atoms with Gasteiger partial charge in [-0.2, -0.15) is 0 Å². The van der Waals surface area contributed by atoms with Crippen LogP contribution in [0.5, 0.6) is 0 Å². The van der Waals surface area contributed by atoms with Crippen LogP contribution in [-0.2, 0) is 9.53 Å². The zero-order valence-electron chi connectivity index (χ0n) is 18.6. The zero-order chi connectivity index (χ0) is 21.4. The summed E-state index contributed by atoms with van der Waals surface area (Å²) in [5.41, 5.74) is 0.721. The van der Waals surface area contributed by atoms with Crippen LogP contribution in [0.25, 0.3) is 0 Å². The van der Waals surface area contributed by atoms with E-state index in [2.05, 4.69) is 36.2 Å². The fourth-order valence-corrected chi connectivity index (χ4v) is 3.79. The molecule has 29 heavy (non-hydrogen) atoms. The van der Waals surface area contributed by atoms with Gasteiger partial charge in [0.2, 0.25) is 5.91 Å².